The number of amides is 4. The van der Waals surface area contributed by atoms with Crippen molar-refractivity contribution in [3.8, 4) is 0 Å². The highest BCUT2D eigenvalue weighted by Gasteiger charge is 2.37. The average Bonchev–Trinajstić information content (AvgIpc) is 3.84. The van der Waals surface area contributed by atoms with E-state index in [9.17, 15) is 19.2 Å². The number of allylic oxidation sites excluding steroid dienone is 7. The van der Waals surface area contributed by atoms with E-state index in [1.807, 2.05) is 106 Å². The zero-order chi connectivity index (χ0) is 37.6. The maximum absolute atomic E-state index is 13.2. The van der Waals surface area contributed by atoms with Gasteiger partial charge in [-0.05, 0) is 107 Å². The molecule has 0 saturated carbocycles. The van der Waals surface area contributed by atoms with Crippen LogP contribution in [0, 0.1) is 0 Å². The molecule has 4 amide bonds. The quantitative estimate of drug-likeness (QED) is 0.173. The van der Waals surface area contributed by atoms with Gasteiger partial charge in [-0.3, -0.25) is 19.2 Å². The van der Waals surface area contributed by atoms with Crippen molar-refractivity contribution in [3.63, 3.8) is 0 Å². The Morgan fingerprint density at radius 2 is 1.19 bits per heavy atom. The molecule has 0 aliphatic carbocycles. The minimum Gasteiger partial charge on any atom is -0.329 e. The lowest BCUT2D eigenvalue weighted by atomic mass is 10.0. The first-order valence-electron chi connectivity index (χ1n) is 18.2. The summed E-state index contributed by atoms with van der Waals surface area (Å²) in [6.07, 6.45) is 17.3. The summed E-state index contributed by atoms with van der Waals surface area (Å²) in [5.41, 5.74) is 17.8. The fraction of sp³-hybridized carbons (Fsp3) is 0.381. The van der Waals surface area contributed by atoms with Crippen LogP contribution in [0.1, 0.15) is 70.4 Å². The van der Waals surface area contributed by atoms with Gasteiger partial charge in [0.15, 0.2) is 0 Å². The minimum atomic E-state index is -0.754. The number of nitrogens with two attached hydrogens (primary N) is 2. The highest BCUT2D eigenvalue weighted by molar-refractivity contribution is 5.99. The van der Waals surface area contributed by atoms with Crippen molar-refractivity contribution in [2.24, 2.45) is 11.5 Å². The summed E-state index contributed by atoms with van der Waals surface area (Å²) in [6.45, 7) is 10.6. The molecule has 2 aliphatic rings. The second kappa shape index (κ2) is 19.5. The monoisotopic (exact) mass is 706 g/mol. The summed E-state index contributed by atoms with van der Waals surface area (Å²) in [5.74, 6) is -0.871. The van der Waals surface area contributed by atoms with Gasteiger partial charge in [0.2, 0.25) is 23.6 Å². The summed E-state index contributed by atoms with van der Waals surface area (Å²) in [7, 11) is 0. The van der Waals surface area contributed by atoms with Crippen molar-refractivity contribution < 1.29 is 19.2 Å². The van der Waals surface area contributed by atoms with Crippen LogP contribution in [0.2, 0.25) is 0 Å². The third-order valence-electron chi connectivity index (χ3n) is 9.50. The Morgan fingerprint density at radius 3 is 1.63 bits per heavy atom. The highest BCUT2D eigenvalue weighted by Crippen LogP contribution is 2.24. The smallest absolute Gasteiger partial charge is 0.247 e. The number of rotatable bonds is 15. The van der Waals surface area contributed by atoms with Gasteiger partial charge in [0.25, 0.3) is 0 Å². The lowest BCUT2D eigenvalue weighted by Gasteiger charge is -2.27. The number of nitrogens with one attached hydrogen (secondary N) is 2. The van der Waals surface area contributed by atoms with Gasteiger partial charge in [0.05, 0.1) is 12.1 Å². The van der Waals surface area contributed by atoms with Crippen LogP contribution >= 0.6 is 0 Å². The van der Waals surface area contributed by atoms with Crippen molar-refractivity contribution in [3.05, 3.63) is 120 Å². The minimum absolute atomic E-state index is 0.200. The maximum Gasteiger partial charge on any atom is 0.247 e. The van der Waals surface area contributed by atoms with Crippen LogP contribution in [0.3, 0.4) is 0 Å². The van der Waals surface area contributed by atoms with E-state index in [2.05, 4.69) is 17.2 Å². The summed E-state index contributed by atoms with van der Waals surface area (Å²) in [5, 5.41) is 5.95. The van der Waals surface area contributed by atoms with Gasteiger partial charge in [0.1, 0.15) is 12.1 Å². The molecule has 10 heteroatoms. The van der Waals surface area contributed by atoms with Crippen molar-refractivity contribution >= 4 is 35.0 Å². The fourth-order valence-electron chi connectivity index (χ4n) is 6.67. The second-order valence-electron chi connectivity index (χ2n) is 13.6. The largest absolute Gasteiger partial charge is 0.329 e. The molecule has 2 aromatic carbocycles. The number of nitrogens with zero attached hydrogens (tertiary/aromatic N) is 2. The number of benzene rings is 2. The first kappa shape index (κ1) is 39.7. The molecular formula is C42H54N6O4. The van der Waals surface area contributed by atoms with Crippen LogP contribution in [0.5, 0.6) is 0 Å². The first-order valence-corrected chi connectivity index (χ1v) is 18.2. The topological polar surface area (TPSA) is 151 Å². The second-order valence-corrected chi connectivity index (χ2v) is 13.6. The molecule has 2 aliphatic heterocycles. The average molecular weight is 707 g/mol. The Balaban J connectivity index is 1.28. The van der Waals surface area contributed by atoms with E-state index < -0.39 is 24.2 Å². The standard InChI is InChI=1S/C42H54N6O4/c1-5-8-12-29(4)26-35(43)41(51)47-24-10-14-37(47)39(49)45-33-20-16-31(17-21-33)27-32-18-22-34(23-19-32)46-40(50)38-15-11-25-48(38)42(52)36(44)28-30(7-3)13-9-6-2/h5-9,12-13,16-23,35-38H,3,10-11,14-15,24-28,43-44H2,1-2,4H3,(H,45,49)(H,46,50)/b8-5-,9-6-,29-12+,30-13+/t35-,36-,37+,38+/m1/s1. The third-order valence-corrected chi connectivity index (χ3v) is 9.50. The number of carbonyl (C=O) groups excluding carboxylic acids is 4. The summed E-state index contributed by atoms with van der Waals surface area (Å²) >= 11 is 0. The van der Waals surface area contributed by atoms with Crippen LogP contribution in [-0.2, 0) is 25.6 Å². The number of hydrogen-bond donors (Lipinski definition) is 4. The molecule has 2 saturated heterocycles. The summed E-state index contributed by atoms with van der Waals surface area (Å²) < 4.78 is 0. The van der Waals surface area contributed by atoms with Crippen molar-refractivity contribution in [1.29, 1.82) is 0 Å². The number of hydrogen-bond acceptors (Lipinski definition) is 6. The van der Waals surface area contributed by atoms with Gasteiger partial charge in [-0.1, -0.05) is 78.9 Å². The molecule has 0 bridgehead atoms. The highest BCUT2D eigenvalue weighted by atomic mass is 16.2. The van der Waals surface area contributed by atoms with Crippen molar-refractivity contribution in [2.45, 2.75) is 89.9 Å². The SMILES string of the molecule is C=C/C(=C\C=C/C)C[C@@H](N)C(=O)N1CCC[C@H]1C(=O)Nc1ccc(Cc2ccc(NC(=O)[C@@H]3CCCN3C(=O)[C@H](N)C/C(C)=C/C=C\C)cc2)cc1. The molecular weight excluding hydrogens is 652 g/mol. The predicted octanol–water partition coefficient (Wildman–Crippen LogP) is 5.78. The van der Waals surface area contributed by atoms with E-state index in [1.54, 1.807) is 15.9 Å². The zero-order valence-electron chi connectivity index (χ0n) is 30.7. The van der Waals surface area contributed by atoms with E-state index in [4.69, 9.17) is 11.5 Å². The Kier molecular flexibility index (Phi) is 14.9. The molecule has 0 spiro atoms. The van der Waals surface area contributed by atoms with Crippen LogP contribution in [0.25, 0.3) is 0 Å². The molecule has 2 fully saturated rings. The van der Waals surface area contributed by atoms with Gasteiger partial charge < -0.3 is 31.9 Å². The molecule has 0 unspecified atom stereocenters. The van der Waals surface area contributed by atoms with E-state index in [1.165, 1.54) is 0 Å². The number of carbonyl (C=O) groups is 4. The van der Waals surface area contributed by atoms with Crippen molar-refractivity contribution in [1.82, 2.24) is 9.80 Å². The Labute approximate surface area is 308 Å². The summed E-state index contributed by atoms with van der Waals surface area (Å²) in [6, 6.07) is 12.7. The molecule has 6 N–H and O–H groups in total. The van der Waals surface area contributed by atoms with Crippen LogP contribution < -0.4 is 22.1 Å². The van der Waals surface area contributed by atoms with Gasteiger partial charge in [-0.2, -0.15) is 0 Å². The Morgan fingerprint density at radius 1 is 0.750 bits per heavy atom. The Bertz CT molecular complexity index is 1690. The van der Waals surface area contributed by atoms with Crippen LogP contribution in [0.15, 0.2) is 109 Å². The lowest BCUT2D eigenvalue weighted by Crippen LogP contribution is -2.49. The van der Waals surface area contributed by atoms with E-state index in [0.29, 0.717) is 56.6 Å². The van der Waals surface area contributed by atoms with Gasteiger partial charge in [0, 0.05) is 24.5 Å². The van der Waals surface area contributed by atoms with E-state index in [0.717, 1.165) is 35.1 Å². The molecule has 10 nitrogen and oxygen atoms in total. The fourth-order valence-corrected chi connectivity index (χ4v) is 6.67. The molecule has 2 heterocycles. The van der Waals surface area contributed by atoms with Gasteiger partial charge in [-0.25, -0.2) is 0 Å². The summed E-state index contributed by atoms with van der Waals surface area (Å²) in [4.78, 5) is 56.0. The lowest BCUT2D eigenvalue weighted by molar-refractivity contribution is -0.137. The van der Waals surface area contributed by atoms with Crippen LogP contribution in [-0.4, -0.2) is 70.7 Å². The normalized spacial score (nSPS) is 19.2. The molecule has 0 radical (unpaired) electrons. The molecule has 0 aromatic heterocycles. The van der Waals surface area contributed by atoms with Crippen molar-refractivity contribution in [2.75, 3.05) is 23.7 Å². The molecule has 4 atom stereocenters. The number of likely N-dealkylation sites (tertiary alicyclic amines) is 2. The number of anilines is 2. The van der Waals surface area contributed by atoms with Crippen LogP contribution in [0.4, 0.5) is 11.4 Å². The molecule has 2 aromatic rings. The first-order chi connectivity index (χ1) is 25.0. The van der Waals surface area contributed by atoms with Gasteiger partial charge >= 0.3 is 0 Å². The van der Waals surface area contributed by atoms with Gasteiger partial charge in [-0.15, -0.1) is 0 Å². The Hall–Kier alpha value is -5.06. The maximum atomic E-state index is 13.2. The molecule has 52 heavy (non-hydrogen) atoms. The third kappa shape index (κ3) is 11.0. The van der Waals surface area contributed by atoms with E-state index in [-0.39, 0.29) is 23.6 Å². The molecule has 4 rings (SSSR count). The predicted molar refractivity (Wildman–Crippen MR) is 209 cm³/mol. The zero-order valence-corrected chi connectivity index (χ0v) is 30.7. The van der Waals surface area contributed by atoms with E-state index >= 15 is 0 Å². The molecule has 276 valence electrons.